The number of fused-ring (bicyclic) bond motifs is 2. The van der Waals surface area contributed by atoms with Gasteiger partial charge in [0, 0.05) is 5.69 Å². The van der Waals surface area contributed by atoms with E-state index in [1.165, 1.54) is 0 Å². The number of rotatable bonds is 4. The summed E-state index contributed by atoms with van der Waals surface area (Å²) in [5.41, 5.74) is 4.84. The van der Waals surface area contributed by atoms with E-state index in [1.807, 2.05) is 39.0 Å². The van der Waals surface area contributed by atoms with Crippen molar-refractivity contribution in [2.24, 2.45) is 5.92 Å². The molecule has 0 saturated carbocycles. The van der Waals surface area contributed by atoms with Crippen molar-refractivity contribution in [3.63, 3.8) is 0 Å². The van der Waals surface area contributed by atoms with Crippen LogP contribution in [0.2, 0.25) is 0 Å². The Hall–Kier alpha value is -2.89. The van der Waals surface area contributed by atoms with E-state index >= 15 is 0 Å². The van der Waals surface area contributed by atoms with E-state index in [9.17, 15) is 9.59 Å². The summed E-state index contributed by atoms with van der Waals surface area (Å²) in [6.45, 7) is 6.08. The van der Waals surface area contributed by atoms with Gasteiger partial charge in [0.25, 0.3) is 11.5 Å². The Morgan fingerprint density at radius 3 is 2.78 bits per heavy atom. The highest BCUT2D eigenvalue weighted by atomic mass is 16.2. The van der Waals surface area contributed by atoms with Crippen LogP contribution in [0.4, 0.5) is 0 Å². The molecule has 3 N–H and O–H groups in total. The van der Waals surface area contributed by atoms with Gasteiger partial charge >= 0.3 is 0 Å². The molecule has 27 heavy (non-hydrogen) atoms. The number of hydrogen-bond acceptors (Lipinski definition) is 3. The van der Waals surface area contributed by atoms with Gasteiger partial charge in [0.1, 0.15) is 11.4 Å². The van der Waals surface area contributed by atoms with Gasteiger partial charge in [0.05, 0.1) is 17.1 Å². The van der Waals surface area contributed by atoms with Crippen LogP contribution in [0, 0.1) is 12.8 Å². The second-order valence-electron chi connectivity index (χ2n) is 7.71. The first-order chi connectivity index (χ1) is 12.9. The summed E-state index contributed by atoms with van der Waals surface area (Å²) in [5.74, 6) is 0.460. The lowest BCUT2D eigenvalue weighted by atomic mass is 10.0. The number of hydrogen-bond donors (Lipinski definition) is 3. The quantitative estimate of drug-likeness (QED) is 0.664. The zero-order valence-electron chi connectivity index (χ0n) is 15.8. The van der Waals surface area contributed by atoms with E-state index in [0.717, 1.165) is 47.1 Å². The molecule has 0 unspecified atom stereocenters. The third-order valence-corrected chi connectivity index (χ3v) is 5.24. The maximum atomic E-state index is 12.9. The predicted molar refractivity (Wildman–Crippen MR) is 105 cm³/mol. The van der Waals surface area contributed by atoms with Gasteiger partial charge in [0.15, 0.2) is 0 Å². The molecule has 140 valence electrons. The van der Waals surface area contributed by atoms with Gasteiger partial charge in [-0.1, -0.05) is 19.9 Å². The van der Waals surface area contributed by atoms with Gasteiger partial charge in [0.2, 0.25) is 0 Å². The van der Waals surface area contributed by atoms with Crippen LogP contribution in [0.5, 0.6) is 0 Å². The van der Waals surface area contributed by atoms with Crippen LogP contribution in [-0.4, -0.2) is 20.9 Å². The molecule has 6 nitrogen and oxygen atoms in total. The molecule has 3 aromatic rings. The van der Waals surface area contributed by atoms with Gasteiger partial charge in [-0.25, -0.2) is 4.98 Å². The number of aromatic nitrogens is 3. The summed E-state index contributed by atoms with van der Waals surface area (Å²) in [6, 6.07) is 7.46. The number of nitrogens with zero attached hydrogens (tertiary/aromatic N) is 1. The fourth-order valence-electron chi connectivity index (χ4n) is 3.74. The molecule has 0 fully saturated rings. The van der Waals surface area contributed by atoms with Gasteiger partial charge in [-0.3, -0.25) is 9.59 Å². The van der Waals surface area contributed by atoms with Crippen LogP contribution < -0.4 is 10.9 Å². The van der Waals surface area contributed by atoms with Crippen LogP contribution in [-0.2, 0) is 12.8 Å². The largest absolute Gasteiger partial charge is 0.342 e. The lowest BCUT2D eigenvalue weighted by Gasteiger charge is -2.20. The minimum absolute atomic E-state index is 0.115. The molecule has 0 radical (unpaired) electrons. The second kappa shape index (κ2) is 6.68. The van der Waals surface area contributed by atoms with Crippen LogP contribution in [0.3, 0.4) is 0 Å². The maximum Gasteiger partial charge on any atom is 0.261 e. The number of nitrogens with one attached hydrogen (secondary N) is 3. The minimum atomic E-state index is -0.360. The molecule has 2 aromatic heterocycles. The summed E-state index contributed by atoms with van der Waals surface area (Å²) in [5, 5.41) is 3.00. The minimum Gasteiger partial charge on any atom is -0.342 e. The number of H-pyrrole nitrogens is 2. The van der Waals surface area contributed by atoms with Crippen LogP contribution in [0.25, 0.3) is 11.0 Å². The van der Waals surface area contributed by atoms with E-state index in [0.29, 0.717) is 5.82 Å². The van der Waals surface area contributed by atoms with Crippen LogP contribution >= 0.6 is 0 Å². The van der Waals surface area contributed by atoms with Crippen LogP contribution in [0.1, 0.15) is 59.3 Å². The fraction of sp³-hybridized carbons (Fsp3) is 0.381. The molecule has 4 rings (SSSR count). The third kappa shape index (κ3) is 3.27. The van der Waals surface area contributed by atoms with Gasteiger partial charge in [-0.15, -0.1) is 0 Å². The molecule has 1 atom stereocenters. The maximum absolute atomic E-state index is 12.9. The van der Waals surface area contributed by atoms with Crippen molar-refractivity contribution < 1.29 is 4.79 Å². The molecule has 2 heterocycles. The average Bonchev–Trinajstić information content (AvgIpc) is 3.23. The summed E-state index contributed by atoms with van der Waals surface area (Å²) >= 11 is 0. The van der Waals surface area contributed by atoms with Gasteiger partial charge < -0.3 is 15.3 Å². The lowest BCUT2D eigenvalue weighted by molar-refractivity contribution is 0.0921. The smallest absolute Gasteiger partial charge is 0.261 e. The first kappa shape index (κ1) is 17.5. The molecular weight excluding hydrogens is 340 g/mol. The highest BCUT2D eigenvalue weighted by Crippen LogP contribution is 2.24. The van der Waals surface area contributed by atoms with Crippen molar-refractivity contribution in [2.45, 2.75) is 46.1 Å². The highest BCUT2D eigenvalue weighted by Gasteiger charge is 2.25. The van der Waals surface area contributed by atoms with Gasteiger partial charge in [-0.05, 0) is 61.4 Å². The summed E-state index contributed by atoms with van der Waals surface area (Å²) < 4.78 is 0. The zero-order chi connectivity index (χ0) is 19.1. The SMILES string of the molecule is Cc1ccc2nc([C@@H](NC(=O)c3cc4c([nH]c3=O)CCC4)C(C)C)[nH]c2c1. The molecule has 1 amide bonds. The van der Waals surface area contributed by atoms with Gasteiger partial charge in [-0.2, -0.15) is 0 Å². The molecule has 6 heteroatoms. The number of aromatic amines is 2. The number of carbonyl (C=O) groups is 1. The Labute approximate surface area is 157 Å². The average molecular weight is 364 g/mol. The third-order valence-electron chi connectivity index (χ3n) is 5.24. The molecule has 0 spiro atoms. The normalized spacial score (nSPS) is 14.5. The monoisotopic (exact) mass is 364 g/mol. The predicted octanol–water partition coefficient (Wildman–Crippen LogP) is 3.18. The second-order valence-corrected chi connectivity index (χ2v) is 7.71. The Bertz CT molecular complexity index is 1080. The molecule has 0 bridgehead atoms. The number of carbonyl (C=O) groups excluding carboxylic acids is 1. The Kier molecular flexibility index (Phi) is 4.34. The number of pyridine rings is 1. The van der Waals surface area contributed by atoms with Crippen molar-refractivity contribution in [1.29, 1.82) is 0 Å². The van der Waals surface area contributed by atoms with Crippen molar-refractivity contribution in [2.75, 3.05) is 0 Å². The van der Waals surface area contributed by atoms with Crippen LogP contribution in [0.15, 0.2) is 29.1 Å². The first-order valence-corrected chi connectivity index (χ1v) is 9.44. The van der Waals surface area contributed by atoms with Crippen molar-refractivity contribution in [3.05, 3.63) is 62.8 Å². The number of imidazole rings is 1. The summed E-state index contributed by atoms with van der Waals surface area (Å²) in [6.07, 6.45) is 2.80. The van der Waals surface area contributed by atoms with E-state index in [2.05, 4.69) is 20.3 Å². The molecule has 0 aliphatic heterocycles. The lowest BCUT2D eigenvalue weighted by Crippen LogP contribution is -2.36. The standard InChI is InChI=1S/C21H24N4O2/c1-11(2)18(19-22-16-8-7-12(3)9-17(16)23-19)25-21(27)14-10-13-5-4-6-15(13)24-20(14)26/h7-11,18H,4-6H2,1-3H3,(H,22,23)(H,24,26)(H,25,27)/t18-/m0/s1. The number of amides is 1. The van der Waals surface area contributed by atoms with E-state index < -0.39 is 0 Å². The molecule has 1 aliphatic rings. The van der Waals surface area contributed by atoms with E-state index in [4.69, 9.17) is 0 Å². The fourth-order valence-corrected chi connectivity index (χ4v) is 3.74. The molecule has 1 aliphatic carbocycles. The van der Waals surface area contributed by atoms with Crippen molar-refractivity contribution >= 4 is 16.9 Å². The van der Waals surface area contributed by atoms with Crippen molar-refractivity contribution in [1.82, 2.24) is 20.3 Å². The molecule has 0 saturated heterocycles. The zero-order valence-corrected chi connectivity index (χ0v) is 15.8. The molecular formula is C21H24N4O2. The van der Waals surface area contributed by atoms with E-state index in [-0.39, 0.29) is 29.0 Å². The number of benzene rings is 1. The number of aryl methyl sites for hydroxylation is 3. The Morgan fingerprint density at radius 1 is 1.19 bits per heavy atom. The summed E-state index contributed by atoms with van der Waals surface area (Å²) in [4.78, 5) is 36.0. The van der Waals surface area contributed by atoms with Crippen molar-refractivity contribution in [3.8, 4) is 0 Å². The van der Waals surface area contributed by atoms with E-state index in [1.54, 1.807) is 6.07 Å². The first-order valence-electron chi connectivity index (χ1n) is 9.44. The highest BCUT2D eigenvalue weighted by molar-refractivity contribution is 5.94. The topological polar surface area (TPSA) is 90.6 Å². The Balaban J connectivity index is 1.65. The molecule has 1 aromatic carbocycles. The Morgan fingerprint density at radius 2 is 2.00 bits per heavy atom. The summed E-state index contributed by atoms with van der Waals surface area (Å²) in [7, 11) is 0.